The van der Waals surface area contributed by atoms with Crippen LogP contribution in [0, 0.1) is 5.92 Å². The van der Waals surface area contributed by atoms with Gasteiger partial charge in [-0.2, -0.15) is 0 Å². The first-order chi connectivity index (χ1) is 12.5. The highest BCUT2D eigenvalue weighted by atomic mass is 16.2. The number of para-hydroxylation sites is 1. The van der Waals surface area contributed by atoms with Gasteiger partial charge in [-0.15, -0.1) is 0 Å². The zero-order chi connectivity index (χ0) is 18.5. The molecule has 2 aromatic carbocycles. The molecule has 0 saturated heterocycles. The smallest absolute Gasteiger partial charge is 0.243 e. The number of aryl methyl sites for hydroxylation is 1. The van der Waals surface area contributed by atoms with Crippen molar-refractivity contribution in [3.05, 3.63) is 54.1 Å². The summed E-state index contributed by atoms with van der Waals surface area (Å²) in [6.45, 7) is 4.93. The summed E-state index contributed by atoms with van der Waals surface area (Å²) in [5.41, 5.74) is 3.91. The molecule has 0 aliphatic carbocycles. The summed E-state index contributed by atoms with van der Waals surface area (Å²) in [6, 6.07) is 15.5. The van der Waals surface area contributed by atoms with Gasteiger partial charge in [-0.05, 0) is 48.7 Å². The highest BCUT2D eigenvalue weighted by Crippen LogP contribution is 2.26. The van der Waals surface area contributed by atoms with Crippen molar-refractivity contribution in [2.45, 2.75) is 26.7 Å². The van der Waals surface area contributed by atoms with Gasteiger partial charge in [0.2, 0.25) is 11.8 Å². The summed E-state index contributed by atoms with van der Waals surface area (Å²) in [5.74, 6) is -0.131. The Balaban J connectivity index is 1.58. The van der Waals surface area contributed by atoms with E-state index in [1.165, 1.54) is 5.56 Å². The van der Waals surface area contributed by atoms with E-state index in [9.17, 15) is 9.59 Å². The molecule has 0 aromatic heterocycles. The number of amides is 2. The van der Waals surface area contributed by atoms with E-state index in [4.69, 9.17) is 0 Å². The van der Waals surface area contributed by atoms with Gasteiger partial charge in [-0.25, -0.2) is 0 Å². The van der Waals surface area contributed by atoms with Crippen molar-refractivity contribution in [1.82, 2.24) is 0 Å². The minimum Gasteiger partial charge on any atom is -0.362 e. The molecule has 2 amide bonds. The topological polar surface area (TPSA) is 61.4 Å². The third-order valence-electron chi connectivity index (χ3n) is 4.50. The second-order valence-electron chi connectivity index (χ2n) is 6.92. The van der Waals surface area contributed by atoms with Crippen molar-refractivity contribution >= 4 is 28.9 Å². The van der Waals surface area contributed by atoms with E-state index < -0.39 is 0 Å². The second kappa shape index (κ2) is 8.04. The molecule has 3 rings (SSSR count). The molecule has 26 heavy (non-hydrogen) atoms. The molecule has 0 atom stereocenters. The lowest BCUT2D eigenvalue weighted by atomic mass is 10.0. The molecule has 1 heterocycles. The average molecular weight is 351 g/mol. The van der Waals surface area contributed by atoms with Crippen LogP contribution in [0.4, 0.5) is 17.1 Å². The van der Waals surface area contributed by atoms with Crippen LogP contribution in [0.2, 0.25) is 0 Å². The summed E-state index contributed by atoms with van der Waals surface area (Å²) in [6.07, 6.45) is 2.13. The van der Waals surface area contributed by atoms with Gasteiger partial charge >= 0.3 is 0 Å². The highest BCUT2D eigenvalue weighted by Gasteiger charge is 2.18. The van der Waals surface area contributed by atoms with E-state index >= 15 is 0 Å². The molecule has 5 nitrogen and oxygen atoms in total. The van der Waals surface area contributed by atoms with Gasteiger partial charge in [0.1, 0.15) is 0 Å². The predicted octanol–water partition coefficient (Wildman–Crippen LogP) is 3.67. The maximum absolute atomic E-state index is 12.4. The predicted molar refractivity (Wildman–Crippen MR) is 106 cm³/mol. The normalized spacial score (nSPS) is 13.3. The van der Waals surface area contributed by atoms with Crippen LogP contribution >= 0.6 is 0 Å². The lowest BCUT2D eigenvalue weighted by Crippen LogP contribution is -2.36. The lowest BCUT2D eigenvalue weighted by molar-refractivity contribution is -0.119. The molecule has 0 unspecified atom stereocenters. The maximum atomic E-state index is 12.4. The lowest BCUT2D eigenvalue weighted by Gasteiger charge is -2.30. The molecule has 2 N–H and O–H groups in total. The van der Waals surface area contributed by atoms with E-state index in [1.54, 1.807) is 24.3 Å². The van der Waals surface area contributed by atoms with Crippen LogP contribution in [0.15, 0.2) is 48.5 Å². The number of nitrogens with zero attached hydrogens (tertiary/aromatic N) is 1. The van der Waals surface area contributed by atoms with Crippen LogP contribution < -0.4 is 15.5 Å². The maximum Gasteiger partial charge on any atom is 0.243 e. The minimum atomic E-state index is -0.0678. The van der Waals surface area contributed by atoms with Gasteiger partial charge in [-0.1, -0.05) is 32.0 Å². The first kappa shape index (κ1) is 18.0. The molecule has 0 fully saturated rings. The van der Waals surface area contributed by atoms with Crippen LogP contribution in [-0.4, -0.2) is 24.9 Å². The fraction of sp³-hybridized carbons (Fsp3) is 0.333. The Morgan fingerprint density at radius 3 is 2.35 bits per heavy atom. The molecule has 2 aromatic rings. The van der Waals surface area contributed by atoms with Crippen molar-refractivity contribution in [1.29, 1.82) is 0 Å². The third-order valence-corrected chi connectivity index (χ3v) is 4.50. The second-order valence-corrected chi connectivity index (χ2v) is 6.92. The van der Waals surface area contributed by atoms with Crippen molar-refractivity contribution in [2.24, 2.45) is 5.92 Å². The molecule has 0 radical (unpaired) electrons. The first-order valence-electron chi connectivity index (χ1n) is 9.06. The van der Waals surface area contributed by atoms with E-state index in [2.05, 4.69) is 27.7 Å². The number of hydrogen-bond acceptors (Lipinski definition) is 3. The highest BCUT2D eigenvalue weighted by molar-refractivity contribution is 5.95. The molecule has 1 aliphatic heterocycles. The standard InChI is InChI=1S/C21H25N3O2/c1-15(2)21(26)23-18-11-9-17(10-12-18)22-20(25)14-24-13-5-7-16-6-3-4-8-19(16)24/h3-4,6,8-12,15H,5,7,13-14H2,1-2H3,(H,22,25)(H,23,26). The molecule has 1 aliphatic rings. The average Bonchev–Trinajstić information content (AvgIpc) is 2.63. The number of anilines is 3. The van der Waals surface area contributed by atoms with Gasteiger partial charge < -0.3 is 15.5 Å². The quantitative estimate of drug-likeness (QED) is 0.864. The van der Waals surface area contributed by atoms with Gasteiger partial charge in [0, 0.05) is 29.5 Å². The van der Waals surface area contributed by atoms with Gasteiger partial charge in [-0.3, -0.25) is 9.59 Å². The molecule has 5 heteroatoms. The fourth-order valence-corrected chi connectivity index (χ4v) is 3.07. The number of carbonyl (C=O) groups excluding carboxylic acids is 2. The monoisotopic (exact) mass is 351 g/mol. The summed E-state index contributed by atoms with van der Waals surface area (Å²) in [5, 5.41) is 5.77. The summed E-state index contributed by atoms with van der Waals surface area (Å²) >= 11 is 0. The van der Waals surface area contributed by atoms with Gasteiger partial charge in [0.05, 0.1) is 6.54 Å². The van der Waals surface area contributed by atoms with E-state index in [-0.39, 0.29) is 17.7 Å². The van der Waals surface area contributed by atoms with Crippen LogP contribution in [-0.2, 0) is 16.0 Å². The van der Waals surface area contributed by atoms with E-state index in [0.29, 0.717) is 6.54 Å². The Labute approximate surface area is 154 Å². The molecule has 0 spiro atoms. The number of carbonyl (C=O) groups is 2. The number of hydrogen-bond donors (Lipinski definition) is 2. The van der Waals surface area contributed by atoms with Gasteiger partial charge in [0.15, 0.2) is 0 Å². The minimum absolute atomic E-state index is 0.0226. The molecule has 136 valence electrons. The van der Waals surface area contributed by atoms with Crippen molar-refractivity contribution in [3.63, 3.8) is 0 Å². The van der Waals surface area contributed by atoms with Crippen LogP contribution in [0.5, 0.6) is 0 Å². The molecule has 0 bridgehead atoms. The van der Waals surface area contributed by atoms with Crippen LogP contribution in [0.3, 0.4) is 0 Å². The molecular weight excluding hydrogens is 326 g/mol. The Hall–Kier alpha value is -2.82. The summed E-state index contributed by atoms with van der Waals surface area (Å²) in [4.78, 5) is 26.3. The summed E-state index contributed by atoms with van der Waals surface area (Å²) < 4.78 is 0. The van der Waals surface area contributed by atoms with Crippen molar-refractivity contribution < 1.29 is 9.59 Å². The Bertz CT molecular complexity index is 784. The third kappa shape index (κ3) is 4.42. The molecular formula is C21H25N3O2. The van der Waals surface area contributed by atoms with Gasteiger partial charge in [0.25, 0.3) is 0 Å². The number of rotatable bonds is 5. The number of nitrogens with one attached hydrogen (secondary N) is 2. The van der Waals surface area contributed by atoms with Crippen LogP contribution in [0.1, 0.15) is 25.8 Å². The van der Waals surface area contributed by atoms with Crippen molar-refractivity contribution in [3.8, 4) is 0 Å². The first-order valence-corrected chi connectivity index (χ1v) is 9.06. The number of fused-ring (bicyclic) bond motifs is 1. The zero-order valence-electron chi connectivity index (χ0n) is 15.3. The fourth-order valence-electron chi connectivity index (χ4n) is 3.07. The summed E-state index contributed by atoms with van der Waals surface area (Å²) in [7, 11) is 0. The Morgan fingerprint density at radius 1 is 1.00 bits per heavy atom. The van der Waals surface area contributed by atoms with Crippen molar-refractivity contribution in [2.75, 3.05) is 28.6 Å². The van der Waals surface area contributed by atoms with E-state index in [1.807, 2.05) is 26.0 Å². The Morgan fingerprint density at radius 2 is 1.65 bits per heavy atom. The zero-order valence-corrected chi connectivity index (χ0v) is 15.3. The molecule has 0 saturated carbocycles. The largest absolute Gasteiger partial charge is 0.362 e. The SMILES string of the molecule is CC(C)C(=O)Nc1ccc(NC(=O)CN2CCCc3ccccc32)cc1. The van der Waals surface area contributed by atoms with Crippen LogP contribution in [0.25, 0.3) is 0 Å². The Kier molecular flexibility index (Phi) is 5.56. The van der Waals surface area contributed by atoms with E-state index in [0.717, 1.165) is 36.4 Å². The number of benzene rings is 2.